The van der Waals surface area contributed by atoms with E-state index in [-0.39, 0.29) is 30.0 Å². The Balaban J connectivity index is 1.61. The van der Waals surface area contributed by atoms with Gasteiger partial charge in [-0.25, -0.2) is 9.38 Å². The highest BCUT2D eigenvalue weighted by molar-refractivity contribution is 6.18. The first-order valence-corrected chi connectivity index (χ1v) is 8.31. The summed E-state index contributed by atoms with van der Waals surface area (Å²) in [6, 6.07) is 1.77. The zero-order valence-electron chi connectivity index (χ0n) is 14.3. The van der Waals surface area contributed by atoms with Crippen LogP contribution in [0.5, 0.6) is 0 Å². The molecule has 3 heterocycles. The number of amides is 2. The smallest absolute Gasteiger partial charge is 0.289 e. The average Bonchev–Trinajstić information content (AvgIpc) is 3.10. The quantitative estimate of drug-likeness (QED) is 0.790. The lowest BCUT2D eigenvalue weighted by Crippen LogP contribution is -2.52. The van der Waals surface area contributed by atoms with E-state index in [4.69, 9.17) is 0 Å². The van der Waals surface area contributed by atoms with E-state index in [1.165, 1.54) is 0 Å². The Bertz CT molecular complexity index is 704. The molecule has 0 N–H and O–H groups in total. The number of aromatic nitrogens is 2. The van der Waals surface area contributed by atoms with Gasteiger partial charge in [0.1, 0.15) is 6.54 Å². The van der Waals surface area contributed by atoms with Crippen LogP contribution in [-0.4, -0.2) is 75.4 Å². The normalized spacial score (nSPS) is 21.4. The van der Waals surface area contributed by atoms with Crippen LogP contribution in [0.15, 0.2) is 28.4 Å². The molecule has 1 saturated heterocycles. The van der Waals surface area contributed by atoms with E-state index in [2.05, 4.69) is 15.1 Å². The van der Waals surface area contributed by atoms with Gasteiger partial charge in [-0.1, -0.05) is 13.8 Å². The second kappa shape index (κ2) is 7.12. The first-order chi connectivity index (χ1) is 12.0. The van der Waals surface area contributed by atoms with Crippen LogP contribution >= 0.6 is 0 Å². The molecule has 0 radical (unpaired) electrons. The third-order valence-corrected chi connectivity index (χ3v) is 4.28. The molecule has 2 aliphatic rings. The number of nitrogens with zero attached hydrogens (tertiary/aromatic N) is 6. The van der Waals surface area contributed by atoms with E-state index in [0.717, 1.165) is 0 Å². The van der Waals surface area contributed by atoms with Crippen LogP contribution in [0.1, 0.15) is 13.8 Å². The minimum atomic E-state index is -1.75. The number of hydrogen-bond donors (Lipinski definition) is 0. The molecular formula is C16H21FN6O2. The minimum Gasteiger partial charge on any atom is -0.338 e. The van der Waals surface area contributed by atoms with Crippen molar-refractivity contribution < 1.29 is 14.0 Å². The summed E-state index contributed by atoms with van der Waals surface area (Å²) in [7, 11) is 0. The molecule has 0 saturated carbocycles. The third kappa shape index (κ3) is 3.75. The molecule has 2 amide bonds. The lowest BCUT2D eigenvalue weighted by Gasteiger charge is -2.36. The molecule has 1 aromatic rings. The van der Waals surface area contributed by atoms with E-state index in [9.17, 15) is 14.0 Å². The summed E-state index contributed by atoms with van der Waals surface area (Å²) >= 11 is 0. The van der Waals surface area contributed by atoms with Gasteiger partial charge in [-0.3, -0.25) is 14.3 Å². The molecule has 1 unspecified atom stereocenters. The average molecular weight is 348 g/mol. The number of halogens is 1. The Morgan fingerprint density at radius 2 is 2.00 bits per heavy atom. The SMILES string of the molecule is CC(C)C1=NC(N2CCN(C(=O)Cn3cccn3)CC2)=NC(=O)C1F. The predicted molar refractivity (Wildman–Crippen MR) is 90.0 cm³/mol. The third-order valence-electron chi connectivity index (χ3n) is 4.28. The Morgan fingerprint density at radius 3 is 2.60 bits per heavy atom. The Morgan fingerprint density at radius 1 is 1.28 bits per heavy atom. The summed E-state index contributed by atoms with van der Waals surface area (Å²) in [5.74, 6) is -0.728. The first kappa shape index (κ1) is 17.2. The highest BCUT2D eigenvalue weighted by atomic mass is 19.1. The predicted octanol–water partition coefficient (Wildman–Crippen LogP) is 0.359. The van der Waals surface area contributed by atoms with Crippen LogP contribution in [-0.2, 0) is 16.1 Å². The van der Waals surface area contributed by atoms with Crippen LogP contribution in [0.25, 0.3) is 0 Å². The fourth-order valence-electron chi connectivity index (χ4n) is 2.83. The Hall–Kier alpha value is -2.58. The standard InChI is InChI=1S/C16H21FN6O2/c1-11(2)14-13(17)15(25)20-16(19-14)22-8-6-21(7-9-22)12(24)10-23-5-3-4-18-23/h3-5,11,13H,6-10H2,1-2H3. The number of aliphatic imine (C=N–C) groups is 2. The summed E-state index contributed by atoms with van der Waals surface area (Å²) < 4.78 is 15.5. The van der Waals surface area contributed by atoms with E-state index in [0.29, 0.717) is 26.2 Å². The number of guanidine groups is 1. The van der Waals surface area contributed by atoms with Gasteiger partial charge in [-0.2, -0.15) is 10.1 Å². The van der Waals surface area contributed by atoms with Crippen LogP contribution in [0.4, 0.5) is 4.39 Å². The first-order valence-electron chi connectivity index (χ1n) is 8.31. The van der Waals surface area contributed by atoms with Crippen LogP contribution in [0, 0.1) is 5.92 Å². The monoisotopic (exact) mass is 348 g/mol. The van der Waals surface area contributed by atoms with Crippen molar-refractivity contribution in [2.24, 2.45) is 15.9 Å². The molecule has 0 spiro atoms. The zero-order chi connectivity index (χ0) is 18.0. The molecule has 1 fully saturated rings. The molecule has 0 bridgehead atoms. The van der Waals surface area contributed by atoms with Crippen molar-refractivity contribution in [2.75, 3.05) is 26.2 Å². The van der Waals surface area contributed by atoms with E-state index in [1.807, 2.05) is 4.90 Å². The van der Waals surface area contributed by atoms with E-state index >= 15 is 0 Å². The van der Waals surface area contributed by atoms with Gasteiger partial charge in [0.05, 0.1) is 5.71 Å². The van der Waals surface area contributed by atoms with Crippen molar-refractivity contribution >= 4 is 23.5 Å². The number of rotatable bonds is 3. The van der Waals surface area contributed by atoms with Crippen molar-refractivity contribution in [3.63, 3.8) is 0 Å². The fraction of sp³-hybridized carbons (Fsp3) is 0.562. The van der Waals surface area contributed by atoms with Crippen molar-refractivity contribution in [1.29, 1.82) is 0 Å². The molecule has 3 rings (SSSR count). The summed E-state index contributed by atoms with van der Waals surface area (Å²) in [6.07, 6.45) is 1.62. The maximum Gasteiger partial charge on any atom is 0.289 e. The number of alkyl halides is 1. The summed E-state index contributed by atoms with van der Waals surface area (Å²) in [6.45, 7) is 5.80. The number of carbonyl (C=O) groups is 2. The van der Waals surface area contributed by atoms with Crippen molar-refractivity contribution in [2.45, 2.75) is 26.6 Å². The second-order valence-electron chi connectivity index (χ2n) is 6.38. The molecule has 9 heteroatoms. The van der Waals surface area contributed by atoms with E-state index < -0.39 is 12.1 Å². The maximum atomic E-state index is 13.9. The lowest BCUT2D eigenvalue weighted by atomic mass is 10.0. The number of carbonyl (C=O) groups excluding carboxylic acids is 2. The summed E-state index contributed by atoms with van der Waals surface area (Å²) in [5, 5.41) is 4.03. The molecule has 1 atom stereocenters. The molecule has 25 heavy (non-hydrogen) atoms. The topological polar surface area (TPSA) is 83.2 Å². The van der Waals surface area contributed by atoms with Gasteiger partial charge in [-0.05, 0) is 12.0 Å². The summed E-state index contributed by atoms with van der Waals surface area (Å²) in [4.78, 5) is 35.6. The van der Waals surface area contributed by atoms with Gasteiger partial charge in [0.25, 0.3) is 5.91 Å². The van der Waals surface area contributed by atoms with Crippen LogP contribution in [0.3, 0.4) is 0 Å². The molecule has 1 aromatic heterocycles. The molecular weight excluding hydrogens is 327 g/mol. The number of piperazine rings is 1. The van der Waals surface area contributed by atoms with E-state index in [1.54, 1.807) is 41.9 Å². The van der Waals surface area contributed by atoms with Crippen LogP contribution < -0.4 is 0 Å². The lowest BCUT2D eigenvalue weighted by molar-refractivity contribution is -0.133. The molecule has 0 aromatic carbocycles. The largest absolute Gasteiger partial charge is 0.338 e. The molecule has 0 aliphatic carbocycles. The zero-order valence-corrected chi connectivity index (χ0v) is 14.3. The fourth-order valence-corrected chi connectivity index (χ4v) is 2.83. The molecule has 134 valence electrons. The van der Waals surface area contributed by atoms with Gasteiger partial charge in [0.15, 0.2) is 0 Å². The van der Waals surface area contributed by atoms with Gasteiger partial charge < -0.3 is 9.80 Å². The Kier molecular flexibility index (Phi) is 4.91. The number of hydrogen-bond acceptors (Lipinski definition) is 5. The minimum absolute atomic E-state index is 0.0137. The summed E-state index contributed by atoms with van der Waals surface area (Å²) in [5.41, 5.74) is 0.215. The van der Waals surface area contributed by atoms with Gasteiger partial charge >= 0.3 is 0 Å². The Labute approximate surface area is 145 Å². The second-order valence-corrected chi connectivity index (χ2v) is 6.38. The highest BCUT2D eigenvalue weighted by Gasteiger charge is 2.33. The maximum absolute atomic E-state index is 13.9. The van der Waals surface area contributed by atoms with Crippen molar-refractivity contribution in [3.05, 3.63) is 18.5 Å². The van der Waals surface area contributed by atoms with Gasteiger partial charge in [0, 0.05) is 38.6 Å². The van der Waals surface area contributed by atoms with Crippen molar-refractivity contribution in [3.8, 4) is 0 Å². The molecule has 2 aliphatic heterocycles. The van der Waals surface area contributed by atoms with Crippen LogP contribution in [0.2, 0.25) is 0 Å². The molecule has 8 nitrogen and oxygen atoms in total. The highest BCUT2D eigenvalue weighted by Crippen LogP contribution is 2.16. The van der Waals surface area contributed by atoms with Crippen molar-refractivity contribution in [1.82, 2.24) is 19.6 Å². The van der Waals surface area contributed by atoms with Gasteiger partial charge in [-0.15, -0.1) is 0 Å². The van der Waals surface area contributed by atoms with Gasteiger partial charge in [0.2, 0.25) is 18.0 Å².